The molecule has 1 aliphatic rings. The first kappa shape index (κ1) is 15.6. The Morgan fingerprint density at radius 1 is 1.13 bits per heavy atom. The molecule has 1 aliphatic carbocycles. The molecule has 0 heterocycles. The van der Waals surface area contributed by atoms with Gasteiger partial charge < -0.3 is 15.7 Å². The molecule has 0 fully saturated rings. The van der Waals surface area contributed by atoms with Gasteiger partial charge in [0.1, 0.15) is 0 Å². The van der Waals surface area contributed by atoms with Crippen molar-refractivity contribution in [2.24, 2.45) is 0 Å². The fourth-order valence-corrected chi connectivity index (χ4v) is 3.23. The number of rotatable bonds is 4. The first-order valence-electron chi connectivity index (χ1n) is 7.91. The Morgan fingerprint density at radius 3 is 2.57 bits per heavy atom. The maximum atomic E-state index is 12.3. The largest absolute Gasteiger partial charge is 0.390 e. The number of aliphatic hydroxyl groups excluding tert-OH is 1. The molecule has 1 amide bonds. The molecule has 2 aromatic rings. The Kier molecular flexibility index (Phi) is 4.35. The highest BCUT2D eigenvalue weighted by Crippen LogP contribution is 2.31. The summed E-state index contributed by atoms with van der Waals surface area (Å²) in [5.41, 5.74) is 5.34. The molecular weight excluding hydrogens is 288 g/mol. The number of nitrogens with one attached hydrogen (secondary N) is 2. The van der Waals surface area contributed by atoms with Crippen molar-refractivity contribution in [3.05, 3.63) is 64.7 Å². The normalized spacial score (nSPS) is 19.3. The van der Waals surface area contributed by atoms with Gasteiger partial charge in [0, 0.05) is 12.1 Å². The van der Waals surface area contributed by atoms with Gasteiger partial charge >= 0.3 is 0 Å². The monoisotopic (exact) mass is 310 g/mol. The summed E-state index contributed by atoms with van der Waals surface area (Å²) < 4.78 is 0. The van der Waals surface area contributed by atoms with Gasteiger partial charge in [0.2, 0.25) is 5.91 Å². The Hall–Kier alpha value is -2.33. The maximum absolute atomic E-state index is 12.3. The zero-order valence-corrected chi connectivity index (χ0v) is 13.5. The Balaban J connectivity index is 1.64. The van der Waals surface area contributed by atoms with Crippen LogP contribution >= 0.6 is 0 Å². The van der Waals surface area contributed by atoms with Crippen LogP contribution in [-0.2, 0) is 11.2 Å². The highest BCUT2D eigenvalue weighted by molar-refractivity contribution is 5.82. The molecule has 0 bridgehead atoms. The molecule has 2 aromatic carbocycles. The van der Waals surface area contributed by atoms with E-state index in [2.05, 4.69) is 10.6 Å². The molecule has 4 heteroatoms. The Labute approximate surface area is 136 Å². The maximum Gasteiger partial charge on any atom is 0.239 e. The molecular formula is C19H22N2O2. The van der Waals surface area contributed by atoms with Crippen molar-refractivity contribution in [1.82, 2.24) is 5.32 Å². The van der Waals surface area contributed by atoms with Gasteiger partial charge in [-0.15, -0.1) is 0 Å². The zero-order valence-electron chi connectivity index (χ0n) is 13.5. The van der Waals surface area contributed by atoms with E-state index in [0.717, 1.165) is 27.9 Å². The molecule has 0 aliphatic heterocycles. The van der Waals surface area contributed by atoms with E-state index >= 15 is 0 Å². The van der Waals surface area contributed by atoms with Crippen molar-refractivity contribution in [2.75, 3.05) is 11.9 Å². The van der Waals surface area contributed by atoms with E-state index in [1.165, 1.54) is 0 Å². The number of para-hydroxylation sites is 1. The van der Waals surface area contributed by atoms with Gasteiger partial charge in [-0.1, -0.05) is 42.5 Å². The Morgan fingerprint density at radius 2 is 1.83 bits per heavy atom. The van der Waals surface area contributed by atoms with Crippen molar-refractivity contribution >= 4 is 11.6 Å². The van der Waals surface area contributed by atoms with Crippen LogP contribution in [0, 0.1) is 13.8 Å². The SMILES string of the molecule is Cc1cccc(C)c1NCC(=O)NC1c2ccccc2CC1O. The van der Waals surface area contributed by atoms with E-state index in [-0.39, 0.29) is 18.5 Å². The highest BCUT2D eigenvalue weighted by Gasteiger charge is 2.31. The second kappa shape index (κ2) is 6.42. The standard InChI is InChI=1S/C19H22N2O2/c1-12-6-5-7-13(2)18(12)20-11-17(23)21-19-15-9-4-3-8-14(15)10-16(19)22/h3-9,16,19-20,22H,10-11H2,1-2H3,(H,21,23). The van der Waals surface area contributed by atoms with Crippen LogP contribution in [0.5, 0.6) is 0 Å². The van der Waals surface area contributed by atoms with Crippen molar-refractivity contribution in [3.63, 3.8) is 0 Å². The van der Waals surface area contributed by atoms with Gasteiger partial charge in [0.25, 0.3) is 0 Å². The molecule has 2 atom stereocenters. The summed E-state index contributed by atoms with van der Waals surface area (Å²) in [4.78, 5) is 12.3. The highest BCUT2D eigenvalue weighted by atomic mass is 16.3. The topological polar surface area (TPSA) is 61.4 Å². The number of anilines is 1. The third-order valence-electron chi connectivity index (χ3n) is 4.43. The first-order valence-corrected chi connectivity index (χ1v) is 7.91. The minimum Gasteiger partial charge on any atom is -0.390 e. The predicted molar refractivity (Wildman–Crippen MR) is 91.4 cm³/mol. The lowest BCUT2D eigenvalue weighted by atomic mass is 10.1. The smallest absolute Gasteiger partial charge is 0.239 e. The number of carbonyl (C=O) groups excluding carboxylic acids is 1. The molecule has 23 heavy (non-hydrogen) atoms. The molecule has 120 valence electrons. The van der Waals surface area contributed by atoms with Crippen LogP contribution in [-0.4, -0.2) is 23.7 Å². The number of fused-ring (bicyclic) bond motifs is 1. The molecule has 0 saturated carbocycles. The van der Waals surface area contributed by atoms with E-state index < -0.39 is 6.10 Å². The van der Waals surface area contributed by atoms with Crippen molar-refractivity contribution in [3.8, 4) is 0 Å². The first-order chi connectivity index (χ1) is 11.1. The van der Waals surface area contributed by atoms with E-state index in [0.29, 0.717) is 6.42 Å². The van der Waals surface area contributed by atoms with Crippen molar-refractivity contribution < 1.29 is 9.90 Å². The fourth-order valence-electron chi connectivity index (χ4n) is 3.23. The Bertz CT molecular complexity index is 707. The van der Waals surface area contributed by atoms with Crippen LogP contribution in [0.4, 0.5) is 5.69 Å². The number of benzene rings is 2. The van der Waals surface area contributed by atoms with Gasteiger partial charge in [0.15, 0.2) is 0 Å². The van der Waals surface area contributed by atoms with E-state index in [1.54, 1.807) is 0 Å². The lowest BCUT2D eigenvalue weighted by Crippen LogP contribution is -2.37. The molecule has 3 rings (SSSR count). The average Bonchev–Trinajstić information content (AvgIpc) is 2.83. The van der Waals surface area contributed by atoms with E-state index in [1.807, 2.05) is 56.3 Å². The molecule has 4 nitrogen and oxygen atoms in total. The molecule has 0 radical (unpaired) electrons. The van der Waals surface area contributed by atoms with Gasteiger partial charge in [-0.3, -0.25) is 4.79 Å². The van der Waals surface area contributed by atoms with Gasteiger partial charge in [0.05, 0.1) is 18.7 Å². The number of hydrogen-bond acceptors (Lipinski definition) is 3. The number of amides is 1. The van der Waals surface area contributed by atoms with Crippen LogP contribution in [0.15, 0.2) is 42.5 Å². The van der Waals surface area contributed by atoms with Crippen LogP contribution in [0.2, 0.25) is 0 Å². The number of aliphatic hydroxyl groups is 1. The zero-order chi connectivity index (χ0) is 16.4. The summed E-state index contributed by atoms with van der Waals surface area (Å²) >= 11 is 0. The average molecular weight is 310 g/mol. The van der Waals surface area contributed by atoms with Crippen molar-refractivity contribution in [1.29, 1.82) is 0 Å². The minimum atomic E-state index is -0.559. The fraction of sp³-hybridized carbons (Fsp3) is 0.316. The minimum absolute atomic E-state index is 0.117. The van der Waals surface area contributed by atoms with Crippen LogP contribution < -0.4 is 10.6 Å². The third kappa shape index (κ3) is 3.22. The summed E-state index contributed by atoms with van der Waals surface area (Å²) in [6.07, 6.45) is 0.0300. The van der Waals surface area contributed by atoms with Crippen molar-refractivity contribution in [2.45, 2.75) is 32.4 Å². The van der Waals surface area contributed by atoms with Crippen LogP contribution in [0.1, 0.15) is 28.3 Å². The lowest BCUT2D eigenvalue weighted by Gasteiger charge is -2.19. The summed E-state index contributed by atoms with van der Waals surface area (Å²) in [7, 11) is 0. The summed E-state index contributed by atoms with van der Waals surface area (Å²) in [6.45, 7) is 4.23. The van der Waals surface area contributed by atoms with Crippen LogP contribution in [0.3, 0.4) is 0 Å². The third-order valence-corrected chi connectivity index (χ3v) is 4.43. The van der Waals surface area contributed by atoms with E-state index in [9.17, 15) is 9.90 Å². The van der Waals surface area contributed by atoms with E-state index in [4.69, 9.17) is 0 Å². The molecule has 3 N–H and O–H groups in total. The summed E-state index contributed by atoms with van der Waals surface area (Å²) in [6, 6.07) is 13.6. The molecule has 0 spiro atoms. The van der Waals surface area contributed by atoms with Gasteiger partial charge in [-0.05, 0) is 36.1 Å². The predicted octanol–water partition coefficient (Wildman–Crippen LogP) is 2.49. The van der Waals surface area contributed by atoms with Crippen LogP contribution in [0.25, 0.3) is 0 Å². The lowest BCUT2D eigenvalue weighted by molar-refractivity contribution is -0.120. The number of hydrogen-bond donors (Lipinski definition) is 3. The molecule has 0 saturated heterocycles. The number of carbonyl (C=O) groups is 1. The number of aryl methyl sites for hydroxylation is 2. The second-order valence-corrected chi connectivity index (χ2v) is 6.14. The molecule has 2 unspecified atom stereocenters. The van der Waals surface area contributed by atoms with Gasteiger partial charge in [-0.25, -0.2) is 0 Å². The second-order valence-electron chi connectivity index (χ2n) is 6.14. The summed E-state index contributed by atoms with van der Waals surface area (Å²) in [5.74, 6) is -0.117. The quantitative estimate of drug-likeness (QED) is 0.813. The summed E-state index contributed by atoms with van der Waals surface area (Å²) in [5, 5.41) is 16.3. The van der Waals surface area contributed by atoms with Gasteiger partial charge in [-0.2, -0.15) is 0 Å². The molecule has 0 aromatic heterocycles.